The van der Waals surface area contributed by atoms with Crippen LogP contribution in [0.2, 0.25) is 0 Å². The Morgan fingerprint density at radius 2 is 1.76 bits per heavy atom. The predicted octanol–water partition coefficient (Wildman–Crippen LogP) is 2.34. The molecule has 8 heteroatoms. The lowest BCUT2D eigenvalue weighted by Gasteiger charge is -2.26. The molecule has 0 aliphatic rings. The van der Waals surface area contributed by atoms with Gasteiger partial charge >= 0.3 is 12.3 Å². The van der Waals surface area contributed by atoms with Crippen molar-refractivity contribution in [3.8, 4) is 0 Å². The zero-order valence-electron chi connectivity index (χ0n) is 11.1. The average Bonchev–Trinajstić information content (AvgIpc) is 2.43. The van der Waals surface area contributed by atoms with E-state index in [0.29, 0.717) is 11.3 Å². The van der Waals surface area contributed by atoms with E-state index in [-0.39, 0.29) is 32.0 Å². The number of hydrogen-bond donors (Lipinski definition) is 1. The van der Waals surface area contributed by atoms with Crippen LogP contribution < -0.4 is 5.73 Å². The predicted molar refractivity (Wildman–Crippen MR) is 74.0 cm³/mol. The van der Waals surface area contributed by atoms with E-state index in [4.69, 9.17) is 5.73 Å². The zero-order valence-corrected chi connectivity index (χ0v) is 12.0. The standard InChI is InChI=1S/C13H16F4N2O.ClH/c14-11(15)13(16,17)12(20)19(9-7-18)8-6-10-4-2-1-3-5-10;/h1-5,11H,6-9,18H2;1H. The molecule has 1 aromatic rings. The van der Waals surface area contributed by atoms with Gasteiger partial charge in [0.1, 0.15) is 0 Å². The highest BCUT2D eigenvalue weighted by atomic mass is 35.5. The smallest absolute Gasteiger partial charge is 0.336 e. The van der Waals surface area contributed by atoms with Crippen LogP contribution in [0.25, 0.3) is 0 Å². The molecule has 1 aromatic carbocycles. The maximum atomic E-state index is 13.1. The van der Waals surface area contributed by atoms with Crippen LogP contribution in [0.15, 0.2) is 30.3 Å². The Morgan fingerprint density at radius 1 is 1.19 bits per heavy atom. The lowest BCUT2D eigenvalue weighted by molar-refractivity contribution is -0.180. The second kappa shape index (κ2) is 8.84. The van der Waals surface area contributed by atoms with Gasteiger partial charge in [0.25, 0.3) is 5.91 Å². The van der Waals surface area contributed by atoms with Gasteiger partial charge in [-0.3, -0.25) is 4.79 Å². The van der Waals surface area contributed by atoms with Crippen molar-refractivity contribution < 1.29 is 22.4 Å². The average molecular weight is 329 g/mol. The van der Waals surface area contributed by atoms with Gasteiger partial charge in [0.05, 0.1) is 0 Å². The molecule has 0 aliphatic heterocycles. The molecule has 120 valence electrons. The number of carbonyl (C=O) groups excluding carboxylic acids is 1. The van der Waals surface area contributed by atoms with E-state index in [9.17, 15) is 22.4 Å². The number of benzene rings is 1. The Balaban J connectivity index is 0.00000400. The molecule has 3 nitrogen and oxygen atoms in total. The third-order valence-electron chi connectivity index (χ3n) is 2.76. The molecule has 0 radical (unpaired) electrons. The minimum Gasteiger partial charge on any atom is -0.336 e. The molecule has 0 saturated carbocycles. The van der Waals surface area contributed by atoms with Gasteiger partial charge in [-0.2, -0.15) is 8.78 Å². The molecule has 0 atom stereocenters. The summed E-state index contributed by atoms with van der Waals surface area (Å²) in [5, 5.41) is 0. The number of amides is 1. The van der Waals surface area contributed by atoms with Gasteiger partial charge in [-0.05, 0) is 12.0 Å². The number of carbonyl (C=O) groups is 1. The molecule has 0 saturated heterocycles. The first-order valence-corrected chi connectivity index (χ1v) is 6.09. The molecule has 0 spiro atoms. The van der Waals surface area contributed by atoms with Gasteiger partial charge in [-0.15, -0.1) is 12.4 Å². The molecule has 1 rings (SSSR count). The SMILES string of the molecule is Cl.NCCN(CCc1ccccc1)C(=O)C(F)(F)C(F)F. The fraction of sp³-hybridized carbons (Fsp3) is 0.462. The van der Waals surface area contributed by atoms with Crippen molar-refractivity contribution in [2.75, 3.05) is 19.6 Å². The summed E-state index contributed by atoms with van der Waals surface area (Å²) in [5.41, 5.74) is 6.05. The minimum absolute atomic E-state index is 0. The summed E-state index contributed by atoms with van der Waals surface area (Å²) in [7, 11) is 0. The summed E-state index contributed by atoms with van der Waals surface area (Å²) < 4.78 is 50.5. The van der Waals surface area contributed by atoms with Crippen molar-refractivity contribution in [1.82, 2.24) is 4.90 Å². The van der Waals surface area contributed by atoms with Crippen LogP contribution in [0.1, 0.15) is 5.56 Å². The largest absolute Gasteiger partial charge is 0.383 e. The monoisotopic (exact) mass is 328 g/mol. The molecular formula is C13H17ClF4N2O. The summed E-state index contributed by atoms with van der Waals surface area (Å²) in [4.78, 5) is 12.1. The van der Waals surface area contributed by atoms with Crippen molar-refractivity contribution >= 4 is 18.3 Å². The maximum Gasteiger partial charge on any atom is 0.383 e. The van der Waals surface area contributed by atoms with E-state index in [1.165, 1.54) is 0 Å². The number of halogens is 5. The summed E-state index contributed by atoms with van der Waals surface area (Å²) in [6.45, 7) is -0.337. The quantitative estimate of drug-likeness (QED) is 0.781. The summed E-state index contributed by atoms with van der Waals surface area (Å²) in [5.74, 6) is -6.56. The van der Waals surface area contributed by atoms with E-state index in [2.05, 4.69) is 0 Å². The van der Waals surface area contributed by atoms with Crippen molar-refractivity contribution in [3.63, 3.8) is 0 Å². The summed E-state index contributed by atoms with van der Waals surface area (Å²) >= 11 is 0. The fourth-order valence-electron chi connectivity index (χ4n) is 1.68. The van der Waals surface area contributed by atoms with Crippen LogP contribution in [0.3, 0.4) is 0 Å². The number of nitrogens with two attached hydrogens (primary N) is 1. The van der Waals surface area contributed by atoms with E-state index in [1.807, 2.05) is 0 Å². The van der Waals surface area contributed by atoms with Gasteiger partial charge < -0.3 is 10.6 Å². The Morgan fingerprint density at radius 3 is 2.24 bits per heavy atom. The first-order chi connectivity index (χ1) is 9.39. The normalized spacial score (nSPS) is 11.1. The third-order valence-corrected chi connectivity index (χ3v) is 2.76. The Hall–Kier alpha value is -1.34. The van der Waals surface area contributed by atoms with E-state index < -0.39 is 18.3 Å². The highest BCUT2D eigenvalue weighted by Gasteiger charge is 2.50. The topological polar surface area (TPSA) is 46.3 Å². The van der Waals surface area contributed by atoms with E-state index in [0.717, 1.165) is 5.56 Å². The molecule has 2 N–H and O–H groups in total. The lowest BCUT2D eigenvalue weighted by atomic mass is 10.1. The molecule has 0 aromatic heterocycles. The van der Waals surface area contributed by atoms with Crippen LogP contribution >= 0.6 is 12.4 Å². The molecule has 0 bridgehead atoms. The highest BCUT2D eigenvalue weighted by molar-refractivity contribution is 5.85. The van der Waals surface area contributed by atoms with Crippen molar-refractivity contribution in [2.45, 2.75) is 18.8 Å². The van der Waals surface area contributed by atoms with Gasteiger partial charge in [0.2, 0.25) is 0 Å². The first kappa shape index (κ1) is 19.7. The first-order valence-electron chi connectivity index (χ1n) is 6.09. The van der Waals surface area contributed by atoms with E-state index in [1.54, 1.807) is 30.3 Å². The van der Waals surface area contributed by atoms with Crippen LogP contribution in [0.4, 0.5) is 17.6 Å². The van der Waals surface area contributed by atoms with Gasteiger partial charge in [-0.25, -0.2) is 8.78 Å². The second-order valence-electron chi connectivity index (χ2n) is 4.24. The maximum absolute atomic E-state index is 13.1. The molecule has 0 heterocycles. The minimum atomic E-state index is -4.67. The molecule has 0 unspecified atom stereocenters. The Kier molecular flexibility index (Phi) is 8.27. The molecule has 21 heavy (non-hydrogen) atoms. The second-order valence-corrected chi connectivity index (χ2v) is 4.24. The molecular weight excluding hydrogens is 312 g/mol. The van der Waals surface area contributed by atoms with Crippen molar-refractivity contribution in [1.29, 1.82) is 0 Å². The number of rotatable bonds is 7. The number of hydrogen-bond acceptors (Lipinski definition) is 2. The van der Waals surface area contributed by atoms with Gasteiger partial charge in [-0.1, -0.05) is 30.3 Å². The van der Waals surface area contributed by atoms with Crippen molar-refractivity contribution in [2.24, 2.45) is 5.73 Å². The Bertz CT molecular complexity index is 431. The molecule has 0 fully saturated rings. The van der Waals surface area contributed by atoms with Crippen LogP contribution in [0.5, 0.6) is 0 Å². The number of nitrogens with zero attached hydrogens (tertiary/aromatic N) is 1. The van der Waals surface area contributed by atoms with Gasteiger partial charge in [0, 0.05) is 19.6 Å². The zero-order chi connectivity index (χ0) is 15.2. The summed E-state index contributed by atoms with van der Waals surface area (Å²) in [6, 6.07) is 8.83. The lowest BCUT2D eigenvalue weighted by Crippen LogP contribution is -2.49. The van der Waals surface area contributed by atoms with Crippen LogP contribution in [-0.4, -0.2) is 42.8 Å². The Labute approximate surface area is 126 Å². The van der Waals surface area contributed by atoms with Gasteiger partial charge in [0.15, 0.2) is 0 Å². The van der Waals surface area contributed by atoms with Crippen LogP contribution in [-0.2, 0) is 11.2 Å². The molecule has 1 amide bonds. The summed E-state index contributed by atoms with van der Waals surface area (Å²) in [6.07, 6.45) is -3.72. The van der Waals surface area contributed by atoms with Crippen molar-refractivity contribution in [3.05, 3.63) is 35.9 Å². The number of alkyl halides is 4. The highest BCUT2D eigenvalue weighted by Crippen LogP contribution is 2.25. The van der Waals surface area contributed by atoms with E-state index >= 15 is 0 Å². The van der Waals surface area contributed by atoms with Crippen LogP contribution in [0, 0.1) is 0 Å². The third kappa shape index (κ3) is 5.51. The fourth-order valence-corrected chi connectivity index (χ4v) is 1.68. The molecule has 0 aliphatic carbocycles.